The number of nitro benzene ring substituents is 1. The summed E-state index contributed by atoms with van der Waals surface area (Å²) in [6, 6.07) is 3.77. The van der Waals surface area contributed by atoms with E-state index in [1.807, 2.05) is 0 Å². The summed E-state index contributed by atoms with van der Waals surface area (Å²) in [6.45, 7) is 0. The number of carboxylic acid groups (broad SMARTS) is 1. The normalized spacial score (nSPS) is 10.6. The van der Waals surface area contributed by atoms with E-state index in [-0.39, 0.29) is 11.3 Å². The molecule has 0 aliphatic carbocycles. The summed E-state index contributed by atoms with van der Waals surface area (Å²) in [6.07, 6.45) is 4.11. The Labute approximate surface area is 103 Å². The van der Waals surface area contributed by atoms with E-state index >= 15 is 0 Å². The molecule has 0 aliphatic rings. The van der Waals surface area contributed by atoms with Crippen LogP contribution in [-0.2, 0) is 0 Å². The highest BCUT2D eigenvalue weighted by atomic mass is 32.1. The minimum absolute atomic E-state index is 0.0744. The van der Waals surface area contributed by atoms with E-state index in [1.165, 1.54) is 12.1 Å². The summed E-state index contributed by atoms with van der Waals surface area (Å²) in [5.41, 5.74) is 0.147. The summed E-state index contributed by atoms with van der Waals surface area (Å²) in [4.78, 5) is 20.9. The van der Waals surface area contributed by atoms with E-state index in [2.05, 4.69) is 12.6 Å². The summed E-state index contributed by atoms with van der Waals surface area (Å²) >= 11 is 4.02. The van der Waals surface area contributed by atoms with Gasteiger partial charge in [0.25, 0.3) is 5.69 Å². The van der Waals surface area contributed by atoms with E-state index in [0.29, 0.717) is 17.7 Å². The number of carbonyl (C=O) groups is 1. The van der Waals surface area contributed by atoms with Gasteiger partial charge in [-0.3, -0.25) is 10.1 Å². The van der Waals surface area contributed by atoms with Crippen LogP contribution in [0.3, 0.4) is 0 Å². The van der Waals surface area contributed by atoms with Gasteiger partial charge in [0, 0.05) is 12.1 Å². The molecule has 6 heteroatoms. The van der Waals surface area contributed by atoms with Crippen LogP contribution in [0.5, 0.6) is 0 Å². The van der Waals surface area contributed by atoms with Gasteiger partial charge in [-0.25, -0.2) is 4.79 Å². The Bertz CT molecular complexity index is 471. The van der Waals surface area contributed by atoms with Crippen LogP contribution >= 0.6 is 12.6 Å². The Kier molecular flexibility index (Phi) is 4.71. The Morgan fingerprint density at radius 3 is 2.76 bits per heavy atom. The van der Waals surface area contributed by atoms with E-state index in [0.717, 1.165) is 6.07 Å². The number of carboxylic acids is 1. The molecule has 0 unspecified atom stereocenters. The smallest absolute Gasteiger partial charge is 0.336 e. The largest absolute Gasteiger partial charge is 0.478 e. The maximum Gasteiger partial charge on any atom is 0.336 e. The quantitative estimate of drug-likeness (QED) is 0.480. The fourth-order valence-electron chi connectivity index (χ4n) is 1.27. The number of rotatable bonds is 5. The highest BCUT2D eigenvalue weighted by Gasteiger charge is 2.14. The molecule has 0 amide bonds. The highest BCUT2D eigenvalue weighted by molar-refractivity contribution is 7.80. The number of aromatic carboxylic acids is 1. The molecule has 1 aromatic carbocycles. The molecule has 17 heavy (non-hydrogen) atoms. The average molecular weight is 253 g/mol. The average Bonchev–Trinajstić information content (AvgIpc) is 2.29. The molecule has 0 spiro atoms. The van der Waals surface area contributed by atoms with Gasteiger partial charge in [0.1, 0.15) is 0 Å². The molecule has 0 bridgehead atoms. The van der Waals surface area contributed by atoms with Crippen LogP contribution in [0.15, 0.2) is 24.3 Å². The lowest BCUT2D eigenvalue weighted by Crippen LogP contribution is -2.01. The summed E-state index contributed by atoms with van der Waals surface area (Å²) in [5.74, 6) is -0.523. The molecular formula is C11H11NO4S. The van der Waals surface area contributed by atoms with Gasteiger partial charge >= 0.3 is 5.97 Å². The number of hydrogen-bond donors (Lipinski definition) is 2. The van der Waals surface area contributed by atoms with Crippen molar-refractivity contribution in [1.29, 1.82) is 0 Å². The van der Waals surface area contributed by atoms with Crippen molar-refractivity contribution >= 4 is 30.4 Å². The van der Waals surface area contributed by atoms with E-state index in [4.69, 9.17) is 5.11 Å². The lowest BCUT2D eigenvalue weighted by Gasteiger charge is -2.01. The zero-order chi connectivity index (χ0) is 12.8. The molecule has 90 valence electrons. The van der Waals surface area contributed by atoms with Crippen LogP contribution in [0.2, 0.25) is 0 Å². The van der Waals surface area contributed by atoms with Gasteiger partial charge in [-0.05, 0) is 23.8 Å². The van der Waals surface area contributed by atoms with Crippen LogP contribution in [0.25, 0.3) is 6.08 Å². The van der Waals surface area contributed by atoms with Gasteiger partial charge in [0.05, 0.1) is 10.5 Å². The molecule has 0 aromatic heterocycles. The number of non-ortho nitro benzene ring substituents is 1. The van der Waals surface area contributed by atoms with E-state index in [9.17, 15) is 14.9 Å². The van der Waals surface area contributed by atoms with Crippen LogP contribution < -0.4 is 0 Å². The minimum Gasteiger partial charge on any atom is -0.478 e. The molecule has 1 aromatic rings. The van der Waals surface area contributed by atoms with Gasteiger partial charge in [-0.2, -0.15) is 12.6 Å². The molecule has 0 saturated carbocycles. The van der Waals surface area contributed by atoms with Crippen LogP contribution in [0.1, 0.15) is 22.3 Å². The first-order valence-electron chi connectivity index (χ1n) is 4.85. The summed E-state index contributed by atoms with van der Waals surface area (Å²) in [5, 5.41) is 19.5. The fourth-order valence-corrected chi connectivity index (χ4v) is 1.42. The fraction of sp³-hybridized carbons (Fsp3) is 0.182. The Balaban J connectivity index is 3.13. The van der Waals surface area contributed by atoms with Gasteiger partial charge < -0.3 is 5.11 Å². The molecule has 0 fully saturated rings. The molecule has 0 saturated heterocycles. The first-order chi connectivity index (χ1) is 8.06. The van der Waals surface area contributed by atoms with Crippen molar-refractivity contribution in [3.05, 3.63) is 45.5 Å². The molecular weight excluding hydrogens is 242 g/mol. The Hall–Kier alpha value is -1.82. The number of hydrogen-bond acceptors (Lipinski definition) is 4. The van der Waals surface area contributed by atoms with Crippen molar-refractivity contribution in [2.45, 2.75) is 6.42 Å². The maximum atomic E-state index is 11.0. The zero-order valence-corrected chi connectivity index (χ0v) is 9.76. The molecule has 5 nitrogen and oxygen atoms in total. The predicted octanol–water partition coefficient (Wildman–Crippen LogP) is 2.63. The third kappa shape index (κ3) is 3.60. The number of benzene rings is 1. The molecule has 1 N–H and O–H groups in total. The lowest BCUT2D eigenvalue weighted by molar-refractivity contribution is -0.384. The second-order valence-electron chi connectivity index (χ2n) is 3.25. The number of nitro groups is 1. The first kappa shape index (κ1) is 13.2. The monoisotopic (exact) mass is 253 g/mol. The number of allylic oxidation sites excluding steroid dienone is 1. The van der Waals surface area contributed by atoms with Crippen molar-refractivity contribution in [2.24, 2.45) is 0 Å². The molecule has 1 rings (SSSR count). The zero-order valence-electron chi connectivity index (χ0n) is 8.87. The molecule has 0 aliphatic heterocycles. The van der Waals surface area contributed by atoms with Gasteiger partial charge in [-0.1, -0.05) is 12.2 Å². The van der Waals surface area contributed by atoms with Gasteiger partial charge in [-0.15, -0.1) is 0 Å². The standard InChI is InChI=1S/C11H11NO4S/c13-11(14)10-7-9(12(15)16)5-4-8(10)3-1-2-6-17/h1,3-5,7,17H,2,6H2,(H,13,14). The van der Waals surface area contributed by atoms with Crippen molar-refractivity contribution in [2.75, 3.05) is 5.75 Å². The van der Waals surface area contributed by atoms with E-state index in [1.54, 1.807) is 12.2 Å². The highest BCUT2D eigenvalue weighted by Crippen LogP contribution is 2.19. The topological polar surface area (TPSA) is 80.4 Å². The number of thiol groups is 1. The predicted molar refractivity (Wildman–Crippen MR) is 67.6 cm³/mol. The van der Waals surface area contributed by atoms with Crippen molar-refractivity contribution in [3.8, 4) is 0 Å². The SMILES string of the molecule is O=C(O)c1cc([N+](=O)[O-])ccc1C=CCCS. The summed E-state index contributed by atoms with van der Waals surface area (Å²) < 4.78 is 0. The number of nitrogens with zero attached hydrogens (tertiary/aromatic N) is 1. The van der Waals surface area contributed by atoms with Crippen molar-refractivity contribution < 1.29 is 14.8 Å². The van der Waals surface area contributed by atoms with Crippen LogP contribution in [0.4, 0.5) is 5.69 Å². The summed E-state index contributed by atoms with van der Waals surface area (Å²) in [7, 11) is 0. The molecule has 0 heterocycles. The molecule has 0 radical (unpaired) electrons. The van der Waals surface area contributed by atoms with Crippen molar-refractivity contribution in [1.82, 2.24) is 0 Å². The molecule has 0 atom stereocenters. The maximum absolute atomic E-state index is 11.0. The Morgan fingerprint density at radius 1 is 1.53 bits per heavy atom. The Morgan fingerprint density at radius 2 is 2.24 bits per heavy atom. The minimum atomic E-state index is -1.18. The third-order valence-corrected chi connectivity index (χ3v) is 2.33. The third-order valence-electron chi connectivity index (χ3n) is 2.07. The van der Waals surface area contributed by atoms with Crippen LogP contribution in [-0.4, -0.2) is 21.8 Å². The second kappa shape index (κ2) is 6.05. The lowest BCUT2D eigenvalue weighted by atomic mass is 10.1. The van der Waals surface area contributed by atoms with Gasteiger partial charge in [0.15, 0.2) is 0 Å². The second-order valence-corrected chi connectivity index (χ2v) is 3.70. The van der Waals surface area contributed by atoms with Crippen LogP contribution in [0, 0.1) is 10.1 Å². The van der Waals surface area contributed by atoms with Gasteiger partial charge in [0.2, 0.25) is 0 Å². The van der Waals surface area contributed by atoms with Crippen molar-refractivity contribution in [3.63, 3.8) is 0 Å². The first-order valence-corrected chi connectivity index (χ1v) is 5.48. The van der Waals surface area contributed by atoms with E-state index < -0.39 is 10.9 Å².